The lowest BCUT2D eigenvalue weighted by Crippen LogP contribution is -2.40. The van der Waals surface area contributed by atoms with E-state index in [4.69, 9.17) is 11.6 Å². The third-order valence-electron chi connectivity index (χ3n) is 7.15. The molecule has 3 amide bonds. The minimum absolute atomic E-state index is 0.0898. The second kappa shape index (κ2) is 6.29. The molecule has 5 nitrogen and oxygen atoms in total. The molecule has 1 N–H and O–H groups in total. The number of hydrogen-bond donors (Lipinski definition) is 1. The number of amides is 3. The van der Waals surface area contributed by atoms with Gasteiger partial charge in [-0.1, -0.05) is 23.8 Å². The molecule has 1 aliphatic heterocycles. The zero-order valence-electron chi connectivity index (χ0n) is 16.0. The van der Waals surface area contributed by atoms with Crippen LogP contribution < -0.4 is 10.2 Å². The van der Waals surface area contributed by atoms with Crippen molar-refractivity contribution in [2.75, 3.05) is 10.2 Å². The SMILES string of the molecule is O=C(Nc1ccc(Cl)cc1)c1ccc(N2C(=O)[C@@H]3[C@H]4C=C[C@@H]([C@@H]5C[C@@H]45)[C@H]3C2=O)cc1. The fourth-order valence-corrected chi connectivity index (χ4v) is 5.84. The van der Waals surface area contributed by atoms with Gasteiger partial charge < -0.3 is 5.32 Å². The van der Waals surface area contributed by atoms with E-state index in [9.17, 15) is 14.4 Å². The first-order valence-electron chi connectivity index (χ1n) is 10.3. The van der Waals surface area contributed by atoms with Gasteiger partial charge in [0.25, 0.3) is 5.91 Å². The highest BCUT2D eigenvalue weighted by Crippen LogP contribution is 2.65. The first kappa shape index (κ1) is 17.9. The first-order chi connectivity index (χ1) is 14.5. The maximum atomic E-state index is 13.2. The highest BCUT2D eigenvalue weighted by atomic mass is 35.5. The fraction of sp³-hybridized carbons (Fsp3) is 0.292. The van der Waals surface area contributed by atoms with Crippen LogP contribution in [0.15, 0.2) is 60.7 Å². The molecular weight excluding hydrogens is 400 g/mol. The normalized spacial score (nSPS) is 32.8. The molecule has 2 aromatic carbocycles. The Morgan fingerprint density at radius 2 is 1.43 bits per heavy atom. The Balaban J connectivity index is 1.23. The van der Waals surface area contributed by atoms with Crippen LogP contribution in [0.5, 0.6) is 0 Å². The molecule has 6 atom stereocenters. The van der Waals surface area contributed by atoms with Crippen molar-refractivity contribution < 1.29 is 14.4 Å². The highest BCUT2D eigenvalue weighted by molar-refractivity contribution is 6.30. The Labute approximate surface area is 178 Å². The van der Waals surface area contributed by atoms with E-state index in [1.54, 1.807) is 48.5 Å². The zero-order valence-corrected chi connectivity index (χ0v) is 16.8. The van der Waals surface area contributed by atoms with E-state index in [0.29, 0.717) is 33.8 Å². The van der Waals surface area contributed by atoms with Gasteiger partial charge in [0.15, 0.2) is 0 Å². The molecule has 4 aliphatic carbocycles. The van der Waals surface area contributed by atoms with Gasteiger partial charge in [-0.3, -0.25) is 19.3 Å². The van der Waals surface area contributed by atoms with Gasteiger partial charge in [-0.2, -0.15) is 0 Å². The van der Waals surface area contributed by atoms with Crippen LogP contribution >= 0.6 is 11.6 Å². The maximum absolute atomic E-state index is 13.2. The summed E-state index contributed by atoms with van der Waals surface area (Å²) in [6, 6.07) is 13.5. The van der Waals surface area contributed by atoms with Crippen LogP contribution in [0.25, 0.3) is 0 Å². The second-order valence-electron chi connectivity index (χ2n) is 8.67. The third kappa shape index (κ3) is 2.51. The van der Waals surface area contributed by atoms with Crippen LogP contribution in [0.2, 0.25) is 5.02 Å². The fourth-order valence-electron chi connectivity index (χ4n) is 5.71. The Morgan fingerprint density at radius 1 is 0.867 bits per heavy atom. The number of rotatable bonds is 3. The molecule has 1 saturated heterocycles. The van der Waals surface area contributed by atoms with Crippen LogP contribution in [-0.4, -0.2) is 17.7 Å². The number of carbonyl (C=O) groups is 3. The number of nitrogens with zero attached hydrogens (tertiary/aromatic N) is 1. The molecule has 7 rings (SSSR count). The van der Waals surface area contributed by atoms with E-state index < -0.39 is 0 Å². The van der Waals surface area contributed by atoms with Gasteiger partial charge >= 0.3 is 0 Å². The zero-order chi connectivity index (χ0) is 20.6. The number of benzene rings is 2. The number of halogens is 1. The molecule has 0 radical (unpaired) electrons. The van der Waals surface area contributed by atoms with Crippen molar-refractivity contribution in [3.8, 4) is 0 Å². The Morgan fingerprint density at radius 3 is 2.00 bits per heavy atom. The molecule has 2 saturated carbocycles. The molecule has 3 fully saturated rings. The number of allylic oxidation sites excluding steroid dienone is 2. The summed E-state index contributed by atoms with van der Waals surface area (Å²) in [4.78, 5) is 40.2. The van der Waals surface area contributed by atoms with Gasteiger partial charge in [0.05, 0.1) is 17.5 Å². The summed E-state index contributed by atoms with van der Waals surface area (Å²) in [5.41, 5.74) is 1.63. The minimum Gasteiger partial charge on any atom is -0.322 e. The van der Waals surface area contributed by atoms with E-state index in [1.807, 2.05) is 0 Å². The summed E-state index contributed by atoms with van der Waals surface area (Å²) in [5.74, 6) is 0.689. The summed E-state index contributed by atoms with van der Waals surface area (Å²) in [6.45, 7) is 0. The lowest BCUT2D eigenvalue weighted by atomic mass is 9.63. The molecule has 0 spiro atoms. The molecule has 0 unspecified atom stereocenters. The van der Waals surface area contributed by atoms with Crippen molar-refractivity contribution in [3.63, 3.8) is 0 Å². The topological polar surface area (TPSA) is 66.5 Å². The van der Waals surface area contributed by atoms with Crippen molar-refractivity contribution >= 4 is 40.7 Å². The van der Waals surface area contributed by atoms with Crippen LogP contribution in [0.1, 0.15) is 16.8 Å². The molecule has 0 aromatic heterocycles. The van der Waals surface area contributed by atoms with Crippen LogP contribution in [0.3, 0.4) is 0 Å². The van der Waals surface area contributed by atoms with E-state index >= 15 is 0 Å². The van der Waals surface area contributed by atoms with Crippen LogP contribution in [-0.2, 0) is 9.59 Å². The summed E-state index contributed by atoms with van der Waals surface area (Å²) in [6.07, 6.45) is 5.48. The van der Waals surface area contributed by atoms with Crippen LogP contribution in [0, 0.1) is 35.5 Å². The van der Waals surface area contributed by atoms with Gasteiger partial charge in [0, 0.05) is 16.3 Å². The number of imide groups is 1. The van der Waals surface area contributed by atoms with Crippen molar-refractivity contribution in [1.29, 1.82) is 0 Å². The van der Waals surface area contributed by atoms with E-state index in [0.717, 1.165) is 6.42 Å². The van der Waals surface area contributed by atoms with Crippen molar-refractivity contribution in [3.05, 3.63) is 71.3 Å². The summed E-state index contributed by atoms with van der Waals surface area (Å²) in [5, 5.41) is 3.40. The van der Waals surface area contributed by atoms with Crippen LogP contribution in [0.4, 0.5) is 11.4 Å². The van der Waals surface area contributed by atoms with E-state index in [-0.39, 0.29) is 41.4 Å². The number of anilines is 2. The molecule has 5 aliphatic rings. The average molecular weight is 419 g/mol. The lowest BCUT2D eigenvalue weighted by molar-refractivity contribution is -0.124. The number of nitrogens with one attached hydrogen (secondary N) is 1. The summed E-state index contributed by atoms with van der Waals surface area (Å²) < 4.78 is 0. The van der Waals surface area contributed by atoms with Crippen molar-refractivity contribution in [2.24, 2.45) is 35.5 Å². The third-order valence-corrected chi connectivity index (χ3v) is 7.40. The standard InChI is InChI=1S/C24H19ClN2O3/c25-13-3-5-14(6-4-13)26-22(28)12-1-7-15(8-2-12)27-23(29)20-16-9-10-17(19-11-18(16)19)21(20)24(27)30/h1-10,16-21H,11H2,(H,26,28)/t16-,17-,18-,19-,20+,21+/m0/s1. The smallest absolute Gasteiger partial charge is 0.255 e. The molecule has 6 heteroatoms. The van der Waals surface area contributed by atoms with Gasteiger partial charge in [-0.15, -0.1) is 0 Å². The predicted octanol–water partition coefficient (Wildman–Crippen LogP) is 4.15. The molecule has 2 bridgehead atoms. The maximum Gasteiger partial charge on any atom is 0.255 e. The minimum atomic E-state index is -0.265. The molecule has 1 heterocycles. The Hall–Kier alpha value is -2.92. The summed E-state index contributed by atoms with van der Waals surface area (Å²) >= 11 is 5.87. The van der Waals surface area contributed by atoms with E-state index in [1.165, 1.54) is 4.90 Å². The molecule has 150 valence electrons. The van der Waals surface area contributed by atoms with Crippen molar-refractivity contribution in [2.45, 2.75) is 6.42 Å². The van der Waals surface area contributed by atoms with Gasteiger partial charge in [0.2, 0.25) is 11.8 Å². The highest BCUT2D eigenvalue weighted by Gasteiger charge is 2.67. The lowest BCUT2D eigenvalue weighted by Gasteiger charge is -2.37. The molecule has 30 heavy (non-hydrogen) atoms. The quantitative estimate of drug-likeness (QED) is 0.601. The number of carbonyl (C=O) groups excluding carboxylic acids is 3. The Kier molecular flexibility index (Phi) is 3.75. The molecule has 2 aromatic rings. The summed E-state index contributed by atoms with van der Waals surface area (Å²) in [7, 11) is 0. The van der Waals surface area contributed by atoms with Gasteiger partial charge in [-0.25, -0.2) is 0 Å². The average Bonchev–Trinajstić information content (AvgIpc) is 3.53. The van der Waals surface area contributed by atoms with E-state index in [2.05, 4.69) is 17.5 Å². The second-order valence-corrected chi connectivity index (χ2v) is 9.11. The first-order valence-corrected chi connectivity index (χ1v) is 10.6. The largest absolute Gasteiger partial charge is 0.322 e. The van der Waals surface area contributed by atoms with Gasteiger partial charge in [-0.05, 0) is 78.6 Å². The predicted molar refractivity (Wildman–Crippen MR) is 113 cm³/mol. The number of hydrogen-bond acceptors (Lipinski definition) is 3. The van der Waals surface area contributed by atoms with Gasteiger partial charge in [0.1, 0.15) is 0 Å². The Bertz CT molecular complexity index is 1070. The van der Waals surface area contributed by atoms with Crippen molar-refractivity contribution in [1.82, 2.24) is 0 Å². The monoisotopic (exact) mass is 418 g/mol. The molecular formula is C24H19ClN2O3.